The summed E-state index contributed by atoms with van der Waals surface area (Å²) in [6, 6.07) is 10.5. The maximum atomic E-state index is 12.4. The zero-order chi connectivity index (χ0) is 20.7. The van der Waals surface area contributed by atoms with Gasteiger partial charge in [-0.15, -0.1) is 0 Å². The fourth-order valence-corrected chi connectivity index (χ4v) is 3.24. The molecule has 0 aliphatic carbocycles. The van der Waals surface area contributed by atoms with Gasteiger partial charge in [-0.3, -0.25) is 14.5 Å². The Morgan fingerprint density at radius 1 is 0.893 bits per heavy atom. The number of rotatable bonds is 8. The van der Waals surface area contributed by atoms with Crippen LogP contribution in [0.4, 0.5) is 11.4 Å². The third-order valence-electron chi connectivity index (χ3n) is 3.98. The first-order valence-electron chi connectivity index (χ1n) is 8.82. The lowest BCUT2D eigenvalue weighted by Gasteiger charge is -2.21. The van der Waals surface area contributed by atoms with E-state index < -0.39 is 0 Å². The lowest BCUT2D eigenvalue weighted by molar-refractivity contribution is -0.120. The zero-order valence-corrected chi connectivity index (χ0v) is 18.0. The molecule has 2 aromatic carbocycles. The van der Waals surface area contributed by atoms with Crippen LogP contribution in [0, 0.1) is 6.92 Å². The number of anilines is 2. The lowest BCUT2D eigenvalue weighted by atomic mass is 10.2. The van der Waals surface area contributed by atoms with Gasteiger partial charge in [0.1, 0.15) is 0 Å². The fraction of sp³-hybridized carbons (Fsp3) is 0.300. The highest BCUT2D eigenvalue weighted by atomic mass is 35.5. The molecule has 5 nitrogen and oxygen atoms in total. The smallest absolute Gasteiger partial charge is 0.238 e. The number of benzene rings is 2. The number of hydrogen-bond donors (Lipinski definition) is 2. The van der Waals surface area contributed by atoms with E-state index >= 15 is 0 Å². The van der Waals surface area contributed by atoms with Crippen LogP contribution in [0.2, 0.25) is 15.1 Å². The van der Waals surface area contributed by atoms with Gasteiger partial charge >= 0.3 is 0 Å². The minimum Gasteiger partial charge on any atom is -0.325 e. The van der Waals surface area contributed by atoms with E-state index in [1.807, 2.05) is 38.1 Å². The summed E-state index contributed by atoms with van der Waals surface area (Å²) in [5, 5.41) is 6.49. The number of nitrogens with one attached hydrogen (secondary N) is 2. The van der Waals surface area contributed by atoms with Crippen molar-refractivity contribution in [3.05, 3.63) is 57.0 Å². The van der Waals surface area contributed by atoms with Crippen LogP contribution in [0.5, 0.6) is 0 Å². The average Bonchev–Trinajstić information content (AvgIpc) is 2.61. The summed E-state index contributed by atoms with van der Waals surface area (Å²) in [5.74, 6) is -0.472. The highest BCUT2D eigenvalue weighted by Crippen LogP contribution is 2.32. The second-order valence-corrected chi connectivity index (χ2v) is 7.59. The first-order valence-corrected chi connectivity index (χ1v) is 9.95. The zero-order valence-electron chi connectivity index (χ0n) is 15.7. The molecule has 2 rings (SSSR count). The van der Waals surface area contributed by atoms with Crippen molar-refractivity contribution >= 4 is 58.0 Å². The molecular weight excluding hydrogens is 421 g/mol. The second-order valence-electron chi connectivity index (χ2n) is 6.37. The number of para-hydroxylation sites is 1. The van der Waals surface area contributed by atoms with Crippen LogP contribution in [-0.2, 0) is 9.59 Å². The van der Waals surface area contributed by atoms with Crippen molar-refractivity contribution in [3.8, 4) is 0 Å². The first-order chi connectivity index (χ1) is 13.3. The van der Waals surface area contributed by atoms with Gasteiger partial charge in [-0.2, -0.15) is 0 Å². The van der Waals surface area contributed by atoms with Gasteiger partial charge in [0.25, 0.3) is 0 Å². The molecule has 2 N–H and O–H groups in total. The van der Waals surface area contributed by atoms with Crippen LogP contribution in [0.25, 0.3) is 0 Å². The summed E-state index contributed by atoms with van der Waals surface area (Å²) in [4.78, 5) is 26.6. The SMILES string of the molecule is CCCN(CC(=O)Nc1ccccc1C)CC(=O)Nc1cc(Cl)c(Cl)cc1Cl. The Morgan fingerprint density at radius 3 is 2.07 bits per heavy atom. The van der Waals surface area contributed by atoms with E-state index in [-0.39, 0.29) is 24.9 Å². The van der Waals surface area contributed by atoms with Crippen LogP contribution in [0.1, 0.15) is 18.9 Å². The number of carbonyl (C=O) groups is 2. The van der Waals surface area contributed by atoms with E-state index in [1.165, 1.54) is 12.1 Å². The molecule has 0 unspecified atom stereocenters. The van der Waals surface area contributed by atoms with Crippen molar-refractivity contribution in [2.24, 2.45) is 0 Å². The molecule has 0 spiro atoms. The summed E-state index contributed by atoms with van der Waals surface area (Å²) in [7, 11) is 0. The summed E-state index contributed by atoms with van der Waals surface area (Å²) in [5.41, 5.74) is 2.11. The van der Waals surface area contributed by atoms with Gasteiger partial charge in [-0.25, -0.2) is 0 Å². The quantitative estimate of drug-likeness (QED) is 0.549. The molecular formula is C20H22Cl3N3O2. The van der Waals surface area contributed by atoms with E-state index in [2.05, 4.69) is 10.6 Å². The number of nitrogens with zero attached hydrogens (tertiary/aromatic N) is 1. The molecule has 0 saturated heterocycles. The largest absolute Gasteiger partial charge is 0.325 e. The monoisotopic (exact) mass is 441 g/mol. The molecule has 0 bridgehead atoms. The molecule has 28 heavy (non-hydrogen) atoms. The van der Waals surface area contributed by atoms with Crippen molar-refractivity contribution in [2.45, 2.75) is 20.3 Å². The van der Waals surface area contributed by atoms with Gasteiger partial charge in [-0.05, 0) is 43.7 Å². The summed E-state index contributed by atoms with van der Waals surface area (Å²) in [6.45, 7) is 4.66. The van der Waals surface area contributed by atoms with Crippen LogP contribution < -0.4 is 10.6 Å². The first kappa shape index (κ1) is 22.5. The minimum atomic E-state index is -0.294. The van der Waals surface area contributed by atoms with Gasteiger partial charge in [0.15, 0.2) is 0 Å². The standard InChI is InChI=1S/C20H22Cl3N3O2/c1-3-8-26(11-19(27)24-17-7-5-4-6-13(17)2)12-20(28)25-18-10-15(22)14(21)9-16(18)23/h4-7,9-10H,3,8,11-12H2,1-2H3,(H,24,27)(H,25,28). The third kappa shape index (κ3) is 6.67. The molecule has 0 aromatic heterocycles. The Labute approximate surface area is 180 Å². The van der Waals surface area contributed by atoms with Crippen molar-refractivity contribution in [1.82, 2.24) is 4.90 Å². The summed E-state index contributed by atoms with van der Waals surface area (Å²) < 4.78 is 0. The van der Waals surface area contributed by atoms with E-state index in [1.54, 1.807) is 4.90 Å². The van der Waals surface area contributed by atoms with Crippen molar-refractivity contribution < 1.29 is 9.59 Å². The normalized spacial score (nSPS) is 10.8. The molecule has 150 valence electrons. The van der Waals surface area contributed by atoms with E-state index in [4.69, 9.17) is 34.8 Å². The number of carbonyl (C=O) groups excluding carboxylic acids is 2. The Hall–Kier alpha value is -1.79. The van der Waals surface area contributed by atoms with E-state index in [0.717, 1.165) is 17.7 Å². The van der Waals surface area contributed by atoms with Crippen LogP contribution in [0.15, 0.2) is 36.4 Å². The van der Waals surface area contributed by atoms with Gasteiger partial charge in [0, 0.05) is 5.69 Å². The molecule has 2 aromatic rings. The van der Waals surface area contributed by atoms with Gasteiger partial charge in [0.2, 0.25) is 11.8 Å². The molecule has 0 heterocycles. The number of aryl methyl sites for hydroxylation is 1. The highest BCUT2D eigenvalue weighted by Gasteiger charge is 2.16. The predicted molar refractivity (Wildman–Crippen MR) is 117 cm³/mol. The lowest BCUT2D eigenvalue weighted by Crippen LogP contribution is -2.39. The van der Waals surface area contributed by atoms with E-state index in [0.29, 0.717) is 27.3 Å². The maximum Gasteiger partial charge on any atom is 0.238 e. The molecule has 0 aliphatic rings. The second kappa shape index (κ2) is 10.7. The number of halogens is 3. The summed E-state index contributed by atoms with van der Waals surface area (Å²) in [6.07, 6.45) is 0.804. The van der Waals surface area contributed by atoms with Gasteiger partial charge in [-0.1, -0.05) is 59.9 Å². The van der Waals surface area contributed by atoms with E-state index in [9.17, 15) is 9.59 Å². The molecule has 0 aliphatic heterocycles. The average molecular weight is 443 g/mol. The summed E-state index contributed by atoms with van der Waals surface area (Å²) >= 11 is 18.0. The van der Waals surface area contributed by atoms with Crippen LogP contribution in [0.3, 0.4) is 0 Å². The molecule has 0 radical (unpaired) electrons. The highest BCUT2D eigenvalue weighted by molar-refractivity contribution is 6.44. The Bertz CT molecular complexity index is 859. The molecule has 0 fully saturated rings. The Balaban J connectivity index is 1.98. The maximum absolute atomic E-state index is 12.4. The predicted octanol–water partition coefficient (Wildman–Crippen LogP) is 5.24. The minimum absolute atomic E-state index is 0.0472. The third-order valence-corrected chi connectivity index (χ3v) is 5.01. The van der Waals surface area contributed by atoms with Crippen LogP contribution in [-0.4, -0.2) is 36.3 Å². The van der Waals surface area contributed by atoms with Crippen LogP contribution >= 0.6 is 34.8 Å². The number of amides is 2. The van der Waals surface area contributed by atoms with Crippen molar-refractivity contribution in [2.75, 3.05) is 30.3 Å². The number of hydrogen-bond acceptors (Lipinski definition) is 3. The van der Waals surface area contributed by atoms with Crippen molar-refractivity contribution in [1.29, 1.82) is 0 Å². The Morgan fingerprint density at radius 2 is 1.46 bits per heavy atom. The topological polar surface area (TPSA) is 61.4 Å². The van der Waals surface area contributed by atoms with Gasteiger partial charge < -0.3 is 10.6 Å². The molecule has 0 atom stereocenters. The van der Waals surface area contributed by atoms with Crippen molar-refractivity contribution in [3.63, 3.8) is 0 Å². The van der Waals surface area contributed by atoms with Gasteiger partial charge in [0.05, 0.1) is 33.8 Å². The molecule has 2 amide bonds. The fourth-order valence-electron chi connectivity index (χ4n) is 2.65. The Kier molecular flexibility index (Phi) is 8.58. The molecule has 8 heteroatoms. The molecule has 0 saturated carbocycles.